The Morgan fingerprint density at radius 3 is 2.12 bits per heavy atom. The lowest BCUT2D eigenvalue weighted by molar-refractivity contribution is 0.368. The highest BCUT2D eigenvalue weighted by Gasteiger charge is 2.18. The molecule has 0 spiro atoms. The van der Waals surface area contributed by atoms with Crippen LogP contribution in [0, 0.1) is 11.8 Å². The maximum atomic E-state index is 3.84. The van der Waals surface area contributed by atoms with Gasteiger partial charge in [0.15, 0.2) is 0 Å². The molecule has 1 heteroatoms. The average Bonchev–Trinajstić information content (AvgIpc) is 2.35. The fourth-order valence-electron chi connectivity index (χ4n) is 2.23. The summed E-state index contributed by atoms with van der Waals surface area (Å²) in [4.78, 5) is 0.495. The minimum absolute atomic E-state index is 0.495. The molecule has 2 unspecified atom stereocenters. The van der Waals surface area contributed by atoms with Gasteiger partial charge in [0.1, 0.15) is 0 Å². The van der Waals surface area contributed by atoms with Crippen LogP contribution in [0.1, 0.15) is 50.4 Å². The molecule has 0 nitrogen and oxygen atoms in total. The molecule has 0 aliphatic rings. The topological polar surface area (TPSA) is 0 Å². The van der Waals surface area contributed by atoms with E-state index in [2.05, 4.69) is 67.0 Å². The number of halogens is 1. The van der Waals surface area contributed by atoms with Crippen LogP contribution in [0.3, 0.4) is 0 Å². The largest absolute Gasteiger partial charge is 0.0836 e. The highest BCUT2D eigenvalue weighted by molar-refractivity contribution is 9.09. The second-order valence-corrected chi connectivity index (χ2v) is 5.69. The molecule has 1 aromatic rings. The first-order chi connectivity index (χ1) is 7.69. The van der Waals surface area contributed by atoms with Gasteiger partial charge in [-0.2, -0.15) is 0 Å². The predicted molar refractivity (Wildman–Crippen MR) is 76.0 cm³/mol. The van der Waals surface area contributed by atoms with Crippen LogP contribution in [-0.4, -0.2) is 0 Å². The van der Waals surface area contributed by atoms with E-state index in [0.717, 1.165) is 5.92 Å². The van der Waals surface area contributed by atoms with E-state index in [1.165, 1.54) is 24.8 Å². The quantitative estimate of drug-likeness (QED) is 0.597. The zero-order valence-corrected chi connectivity index (χ0v) is 12.2. The third kappa shape index (κ3) is 3.93. The third-order valence-corrected chi connectivity index (χ3v) is 4.91. The van der Waals surface area contributed by atoms with Gasteiger partial charge in [-0.3, -0.25) is 0 Å². The summed E-state index contributed by atoms with van der Waals surface area (Å²) in [6.07, 6.45) is 3.92. The fraction of sp³-hybridized carbons (Fsp3) is 0.600. The SMILES string of the molecule is CCC(CC)CC(C)C(Br)c1ccccc1. The maximum absolute atomic E-state index is 3.84. The normalized spacial score (nSPS) is 15.1. The van der Waals surface area contributed by atoms with Crippen molar-refractivity contribution in [1.82, 2.24) is 0 Å². The molecule has 16 heavy (non-hydrogen) atoms. The predicted octanol–water partition coefficient (Wildman–Crippen LogP) is 5.59. The monoisotopic (exact) mass is 282 g/mol. The number of hydrogen-bond donors (Lipinski definition) is 0. The van der Waals surface area contributed by atoms with Crippen LogP contribution in [-0.2, 0) is 0 Å². The molecule has 0 saturated carbocycles. The van der Waals surface area contributed by atoms with E-state index in [1.54, 1.807) is 0 Å². The molecule has 2 atom stereocenters. The van der Waals surface area contributed by atoms with Crippen molar-refractivity contribution in [3.8, 4) is 0 Å². The zero-order chi connectivity index (χ0) is 12.0. The second kappa shape index (κ2) is 7.11. The summed E-state index contributed by atoms with van der Waals surface area (Å²) < 4.78 is 0. The molecule has 0 amide bonds. The summed E-state index contributed by atoms with van der Waals surface area (Å²) in [5, 5.41) is 0. The van der Waals surface area contributed by atoms with Gasteiger partial charge in [-0.1, -0.05) is 79.9 Å². The van der Waals surface area contributed by atoms with Crippen molar-refractivity contribution >= 4 is 15.9 Å². The Hall–Kier alpha value is -0.300. The number of alkyl halides is 1. The maximum Gasteiger partial charge on any atom is 0.0420 e. The van der Waals surface area contributed by atoms with Gasteiger partial charge in [-0.05, 0) is 23.8 Å². The summed E-state index contributed by atoms with van der Waals surface area (Å²) >= 11 is 3.84. The first-order valence-corrected chi connectivity index (χ1v) is 7.29. The van der Waals surface area contributed by atoms with E-state index in [0.29, 0.717) is 10.7 Å². The van der Waals surface area contributed by atoms with Gasteiger partial charge in [-0.25, -0.2) is 0 Å². The Kier molecular flexibility index (Phi) is 6.12. The van der Waals surface area contributed by atoms with E-state index in [4.69, 9.17) is 0 Å². The van der Waals surface area contributed by atoms with Crippen LogP contribution in [0.5, 0.6) is 0 Å². The lowest BCUT2D eigenvalue weighted by Crippen LogP contribution is -2.09. The van der Waals surface area contributed by atoms with E-state index in [-0.39, 0.29) is 0 Å². The highest BCUT2D eigenvalue weighted by atomic mass is 79.9. The number of benzene rings is 1. The summed E-state index contributed by atoms with van der Waals surface area (Å²) in [7, 11) is 0. The van der Waals surface area contributed by atoms with Crippen molar-refractivity contribution in [1.29, 1.82) is 0 Å². The summed E-state index contributed by atoms with van der Waals surface area (Å²) in [5.74, 6) is 1.58. The molecule has 90 valence electrons. The average molecular weight is 283 g/mol. The van der Waals surface area contributed by atoms with Crippen LogP contribution in [0.4, 0.5) is 0 Å². The molecular formula is C15H23Br. The molecule has 0 radical (unpaired) electrons. The smallest absolute Gasteiger partial charge is 0.0420 e. The molecule has 0 bridgehead atoms. The number of hydrogen-bond acceptors (Lipinski definition) is 0. The lowest BCUT2D eigenvalue weighted by Gasteiger charge is -2.23. The number of rotatable bonds is 6. The molecule has 0 aliphatic heterocycles. The molecule has 1 aromatic carbocycles. The van der Waals surface area contributed by atoms with Crippen LogP contribution >= 0.6 is 15.9 Å². The van der Waals surface area contributed by atoms with Crippen molar-refractivity contribution in [3.05, 3.63) is 35.9 Å². The van der Waals surface area contributed by atoms with Crippen LogP contribution in [0.25, 0.3) is 0 Å². The van der Waals surface area contributed by atoms with Crippen molar-refractivity contribution in [2.75, 3.05) is 0 Å². The summed E-state index contributed by atoms with van der Waals surface area (Å²) in [5.41, 5.74) is 1.40. The van der Waals surface area contributed by atoms with Gasteiger partial charge < -0.3 is 0 Å². The van der Waals surface area contributed by atoms with Gasteiger partial charge in [-0.15, -0.1) is 0 Å². The first kappa shape index (κ1) is 13.8. The molecule has 0 heterocycles. The van der Waals surface area contributed by atoms with Gasteiger partial charge in [0, 0.05) is 4.83 Å². The van der Waals surface area contributed by atoms with Gasteiger partial charge >= 0.3 is 0 Å². The Bertz CT molecular complexity index is 277. The molecule has 1 rings (SSSR count). The van der Waals surface area contributed by atoms with E-state index < -0.39 is 0 Å². The minimum atomic E-state index is 0.495. The van der Waals surface area contributed by atoms with Crippen LogP contribution in [0.2, 0.25) is 0 Å². The standard InChI is InChI=1S/C15H23Br/c1-4-13(5-2)11-12(3)15(16)14-9-7-6-8-10-14/h6-10,12-13,15H,4-5,11H2,1-3H3. The Morgan fingerprint density at radius 1 is 1.06 bits per heavy atom. The van der Waals surface area contributed by atoms with Crippen molar-refractivity contribution in [3.63, 3.8) is 0 Å². The minimum Gasteiger partial charge on any atom is -0.0836 e. The molecular weight excluding hydrogens is 260 g/mol. The van der Waals surface area contributed by atoms with Gasteiger partial charge in [0.25, 0.3) is 0 Å². The summed E-state index contributed by atoms with van der Waals surface area (Å²) in [6, 6.07) is 10.7. The molecule has 0 N–H and O–H groups in total. The van der Waals surface area contributed by atoms with Gasteiger partial charge in [0.05, 0.1) is 0 Å². The molecule has 0 aromatic heterocycles. The summed E-state index contributed by atoms with van der Waals surface area (Å²) in [6.45, 7) is 6.95. The lowest BCUT2D eigenvalue weighted by atomic mass is 9.88. The van der Waals surface area contributed by atoms with E-state index in [1.807, 2.05) is 0 Å². The fourth-order valence-corrected chi connectivity index (χ4v) is 2.75. The van der Waals surface area contributed by atoms with Crippen LogP contribution in [0.15, 0.2) is 30.3 Å². The van der Waals surface area contributed by atoms with E-state index >= 15 is 0 Å². The molecule has 0 saturated heterocycles. The Balaban J connectivity index is 2.57. The van der Waals surface area contributed by atoms with Crippen molar-refractivity contribution in [2.45, 2.75) is 44.9 Å². The Morgan fingerprint density at radius 2 is 1.62 bits per heavy atom. The van der Waals surface area contributed by atoms with E-state index in [9.17, 15) is 0 Å². The van der Waals surface area contributed by atoms with Crippen LogP contribution < -0.4 is 0 Å². The third-order valence-electron chi connectivity index (χ3n) is 3.48. The van der Waals surface area contributed by atoms with Crippen molar-refractivity contribution < 1.29 is 0 Å². The van der Waals surface area contributed by atoms with Gasteiger partial charge in [0.2, 0.25) is 0 Å². The van der Waals surface area contributed by atoms with Crippen molar-refractivity contribution in [2.24, 2.45) is 11.8 Å². The highest BCUT2D eigenvalue weighted by Crippen LogP contribution is 2.35. The second-order valence-electron chi connectivity index (χ2n) is 4.71. The molecule has 0 aliphatic carbocycles. The zero-order valence-electron chi connectivity index (χ0n) is 10.6. The Labute approximate surface area is 109 Å². The first-order valence-electron chi connectivity index (χ1n) is 6.38. The molecule has 0 fully saturated rings.